The number of amides is 1. The summed E-state index contributed by atoms with van der Waals surface area (Å²) in [6, 6.07) is 8.89. The van der Waals surface area contributed by atoms with Crippen molar-refractivity contribution in [2.24, 2.45) is 0 Å². The first-order chi connectivity index (χ1) is 10.6. The van der Waals surface area contributed by atoms with Gasteiger partial charge in [-0.05, 0) is 18.5 Å². The van der Waals surface area contributed by atoms with Crippen molar-refractivity contribution in [3.63, 3.8) is 0 Å². The number of hydrogen-bond donors (Lipinski definition) is 4. The molecule has 0 aliphatic carbocycles. The predicted molar refractivity (Wildman–Crippen MR) is 81.4 cm³/mol. The van der Waals surface area contributed by atoms with Crippen molar-refractivity contribution in [3.05, 3.63) is 35.9 Å². The topological polar surface area (TPSA) is 94.1 Å². The zero-order chi connectivity index (χ0) is 16.4. The molecule has 7 nitrogen and oxygen atoms in total. The number of hydrogen-bond acceptors (Lipinski definition) is 6. The Morgan fingerprint density at radius 3 is 2.55 bits per heavy atom. The van der Waals surface area contributed by atoms with Gasteiger partial charge >= 0.3 is 0 Å². The second-order valence-electron chi connectivity index (χ2n) is 4.88. The fourth-order valence-electron chi connectivity index (χ4n) is 2.20. The molecule has 1 aromatic carbocycles. The van der Waals surface area contributed by atoms with Crippen molar-refractivity contribution in [3.8, 4) is 0 Å². The van der Waals surface area contributed by atoms with Crippen molar-refractivity contribution >= 4 is 5.91 Å². The SMILES string of the molecule is CCC[C@@H](C(=O)NO)N(CC)C(O)NOCc1ccccc1. The first kappa shape index (κ1) is 18.5. The summed E-state index contributed by atoms with van der Waals surface area (Å²) < 4.78 is 0. The molecule has 0 spiro atoms. The number of likely N-dealkylation sites (N-methyl/N-ethyl adjacent to an activating group) is 1. The fourth-order valence-corrected chi connectivity index (χ4v) is 2.20. The van der Waals surface area contributed by atoms with Crippen LogP contribution in [0.3, 0.4) is 0 Å². The van der Waals surface area contributed by atoms with Crippen LogP contribution in [0.2, 0.25) is 0 Å². The molecule has 7 heteroatoms. The molecule has 22 heavy (non-hydrogen) atoms. The number of hydroxylamine groups is 2. The Morgan fingerprint density at radius 2 is 2.00 bits per heavy atom. The van der Waals surface area contributed by atoms with Gasteiger partial charge in [0, 0.05) is 0 Å². The van der Waals surface area contributed by atoms with Gasteiger partial charge in [-0.25, -0.2) is 5.48 Å². The molecule has 0 bridgehead atoms. The van der Waals surface area contributed by atoms with Crippen molar-refractivity contribution in [2.75, 3.05) is 6.54 Å². The molecule has 1 rings (SSSR count). The number of aliphatic hydroxyl groups is 1. The summed E-state index contributed by atoms with van der Waals surface area (Å²) in [7, 11) is 0. The number of aliphatic hydroxyl groups excluding tert-OH is 1. The normalized spacial score (nSPS) is 13.9. The lowest BCUT2D eigenvalue weighted by atomic mass is 10.1. The van der Waals surface area contributed by atoms with Crippen LogP contribution in [0, 0.1) is 0 Å². The van der Waals surface area contributed by atoms with E-state index in [2.05, 4.69) is 5.48 Å². The van der Waals surface area contributed by atoms with E-state index in [1.54, 1.807) is 5.48 Å². The fraction of sp³-hybridized carbons (Fsp3) is 0.533. The Hall–Kier alpha value is -1.51. The highest BCUT2D eigenvalue weighted by atomic mass is 16.7. The molecule has 0 fully saturated rings. The lowest BCUT2D eigenvalue weighted by molar-refractivity contribution is -0.162. The van der Waals surface area contributed by atoms with Crippen LogP contribution in [0.15, 0.2) is 30.3 Å². The molecule has 0 saturated carbocycles. The molecule has 0 heterocycles. The highest BCUT2D eigenvalue weighted by Gasteiger charge is 2.28. The zero-order valence-electron chi connectivity index (χ0n) is 13.0. The third-order valence-electron chi connectivity index (χ3n) is 3.32. The minimum Gasteiger partial charge on any atom is -0.364 e. The van der Waals surface area contributed by atoms with Crippen molar-refractivity contribution in [1.29, 1.82) is 0 Å². The quantitative estimate of drug-likeness (QED) is 0.292. The maximum atomic E-state index is 11.7. The Kier molecular flexibility index (Phi) is 8.64. The largest absolute Gasteiger partial charge is 0.364 e. The van der Waals surface area contributed by atoms with Gasteiger partial charge in [0.05, 0.1) is 12.6 Å². The highest BCUT2D eigenvalue weighted by Crippen LogP contribution is 2.10. The monoisotopic (exact) mass is 311 g/mol. The van der Waals surface area contributed by atoms with Crippen molar-refractivity contribution < 1.29 is 19.9 Å². The zero-order valence-corrected chi connectivity index (χ0v) is 13.0. The van der Waals surface area contributed by atoms with Crippen LogP contribution in [0.4, 0.5) is 0 Å². The molecule has 0 aliphatic rings. The van der Waals surface area contributed by atoms with Crippen LogP contribution in [-0.4, -0.2) is 40.1 Å². The van der Waals surface area contributed by atoms with E-state index in [1.165, 1.54) is 4.90 Å². The average molecular weight is 311 g/mol. The van der Waals surface area contributed by atoms with Crippen LogP contribution in [0.25, 0.3) is 0 Å². The van der Waals surface area contributed by atoms with Crippen LogP contribution in [0.5, 0.6) is 0 Å². The molecular formula is C15H25N3O4. The number of nitrogens with one attached hydrogen (secondary N) is 2. The summed E-state index contributed by atoms with van der Waals surface area (Å²) >= 11 is 0. The van der Waals surface area contributed by atoms with Crippen molar-refractivity contribution in [1.82, 2.24) is 15.9 Å². The lowest BCUT2D eigenvalue weighted by Crippen LogP contribution is -2.55. The van der Waals surface area contributed by atoms with Gasteiger partial charge in [-0.1, -0.05) is 50.6 Å². The summed E-state index contributed by atoms with van der Waals surface area (Å²) in [5.41, 5.74) is 5.12. The van der Waals surface area contributed by atoms with Crippen molar-refractivity contribution in [2.45, 2.75) is 45.7 Å². The van der Waals surface area contributed by atoms with Gasteiger partial charge in [-0.2, -0.15) is 5.48 Å². The molecule has 4 N–H and O–H groups in total. The lowest BCUT2D eigenvalue weighted by Gasteiger charge is -2.32. The van der Waals surface area contributed by atoms with Gasteiger partial charge in [0.1, 0.15) is 0 Å². The van der Waals surface area contributed by atoms with E-state index in [0.29, 0.717) is 19.6 Å². The maximum Gasteiger partial charge on any atom is 0.260 e. The average Bonchev–Trinajstić information content (AvgIpc) is 2.55. The van der Waals surface area contributed by atoms with Crippen LogP contribution >= 0.6 is 0 Å². The van der Waals surface area contributed by atoms with Crippen LogP contribution < -0.4 is 11.0 Å². The summed E-state index contributed by atoms with van der Waals surface area (Å²) in [6.45, 7) is 4.45. The third-order valence-corrected chi connectivity index (χ3v) is 3.32. The standard InChI is InChI=1S/C15H25N3O4/c1-3-8-13(14(19)16-21)18(4-2)15(20)17-22-11-12-9-6-5-7-10-12/h5-7,9-10,13,15,17,20-21H,3-4,8,11H2,1-2H3,(H,16,19)/t13-,15?/m0/s1. The Balaban J connectivity index is 2.54. The highest BCUT2D eigenvalue weighted by molar-refractivity contribution is 5.80. The van der Waals surface area contributed by atoms with E-state index in [1.807, 2.05) is 44.2 Å². The number of carbonyl (C=O) groups excluding carboxylic acids is 1. The maximum absolute atomic E-state index is 11.7. The molecule has 2 atom stereocenters. The molecule has 1 unspecified atom stereocenters. The van der Waals surface area contributed by atoms with Gasteiger partial charge < -0.3 is 5.11 Å². The van der Waals surface area contributed by atoms with E-state index < -0.39 is 18.3 Å². The molecule has 1 aromatic rings. The first-order valence-electron chi connectivity index (χ1n) is 7.43. The summed E-state index contributed by atoms with van der Waals surface area (Å²) in [5, 5.41) is 19.0. The molecule has 1 amide bonds. The van der Waals surface area contributed by atoms with E-state index in [-0.39, 0.29) is 0 Å². The van der Waals surface area contributed by atoms with Gasteiger partial charge in [-0.15, -0.1) is 0 Å². The van der Waals surface area contributed by atoms with Gasteiger partial charge in [0.25, 0.3) is 5.91 Å². The summed E-state index contributed by atoms with van der Waals surface area (Å²) in [6.07, 6.45) is 0.103. The second kappa shape index (κ2) is 10.3. The second-order valence-corrected chi connectivity index (χ2v) is 4.88. The van der Waals surface area contributed by atoms with E-state index in [9.17, 15) is 9.90 Å². The van der Waals surface area contributed by atoms with Crippen LogP contribution in [-0.2, 0) is 16.2 Å². The van der Waals surface area contributed by atoms with E-state index in [0.717, 1.165) is 12.0 Å². The summed E-state index contributed by atoms with van der Waals surface area (Å²) in [4.78, 5) is 18.5. The van der Waals surface area contributed by atoms with E-state index >= 15 is 0 Å². The van der Waals surface area contributed by atoms with E-state index in [4.69, 9.17) is 10.0 Å². The molecule has 0 radical (unpaired) electrons. The predicted octanol–water partition coefficient (Wildman–Crippen LogP) is 0.980. The number of carbonyl (C=O) groups is 1. The first-order valence-corrected chi connectivity index (χ1v) is 7.43. The van der Waals surface area contributed by atoms with Gasteiger partial charge in [0.15, 0.2) is 6.35 Å². The molecule has 0 saturated heterocycles. The smallest absolute Gasteiger partial charge is 0.260 e. The van der Waals surface area contributed by atoms with Gasteiger partial charge in [0.2, 0.25) is 0 Å². The Morgan fingerprint density at radius 1 is 1.32 bits per heavy atom. The number of nitrogens with zero attached hydrogens (tertiary/aromatic N) is 1. The van der Waals surface area contributed by atoms with Crippen LogP contribution in [0.1, 0.15) is 32.3 Å². The Bertz CT molecular complexity index is 430. The number of benzene rings is 1. The third kappa shape index (κ3) is 5.70. The summed E-state index contributed by atoms with van der Waals surface area (Å²) in [5.74, 6) is -0.549. The molecule has 124 valence electrons. The minimum atomic E-state index is -1.15. The molecule has 0 aromatic heterocycles. The van der Waals surface area contributed by atoms with Gasteiger partial charge in [-0.3, -0.25) is 19.7 Å². The minimum absolute atomic E-state index is 0.292. The molecular weight excluding hydrogens is 286 g/mol. The Labute approximate surface area is 130 Å². The number of rotatable bonds is 10. The molecule has 0 aliphatic heterocycles.